The number of nitrogens with zero attached hydrogens (tertiary/aromatic N) is 7. The molecule has 0 bridgehead atoms. The van der Waals surface area contributed by atoms with Crippen LogP contribution in [0.25, 0.3) is 17.1 Å². The number of benzene rings is 2. The lowest BCUT2D eigenvalue weighted by molar-refractivity contribution is -0.385. The van der Waals surface area contributed by atoms with Gasteiger partial charge in [0, 0.05) is 17.7 Å². The molecule has 2 aromatic heterocycles. The lowest BCUT2D eigenvalue weighted by Crippen LogP contribution is -2.19. The van der Waals surface area contributed by atoms with Crippen LogP contribution < -0.4 is 16.3 Å². The number of nitro benzene ring substituents is 1. The van der Waals surface area contributed by atoms with E-state index in [0.29, 0.717) is 5.56 Å². The fourth-order valence-corrected chi connectivity index (χ4v) is 2.74. The molecule has 0 aliphatic rings. The van der Waals surface area contributed by atoms with Crippen molar-refractivity contribution in [3.05, 3.63) is 69.9 Å². The average Bonchev–Trinajstić information content (AvgIpc) is 3.41. The number of nitrogens with two attached hydrogens (primary N) is 1. The zero-order valence-corrected chi connectivity index (χ0v) is 15.9. The van der Waals surface area contributed by atoms with E-state index in [0.717, 1.165) is 24.4 Å². The van der Waals surface area contributed by atoms with Crippen LogP contribution in [0, 0.1) is 10.1 Å². The van der Waals surface area contributed by atoms with Crippen molar-refractivity contribution in [1.82, 2.24) is 30.7 Å². The number of non-ortho nitro benzene ring substituents is 1. The predicted octanol–water partition coefficient (Wildman–Crippen LogP) is 0.645. The first-order valence-corrected chi connectivity index (χ1v) is 8.84. The zero-order chi connectivity index (χ0) is 22.7. The molecule has 2 heterocycles. The molecule has 0 aliphatic heterocycles. The van der Waals surface area contributed by atoms with Crippen LogP contribution in [-0.2, 0) is 0 Å². The number of aromatic nitrogens is 5. The maximum Gasteiger partial charge on any atom is 0.294 e. The van der Waals surface area contributed by atoms with Gasteiger partial charge in [-0.2, -0.15) is 9.78 Å². The second-order valence-corrected chi connectivity index (χ2v) is 6.22. The molecule has 4 rings (SSSR count). The average molecular weight is 434 g/mol. The first-order valence-electron chi connectivity index (χ1n) is 8.84. The topological polar surface area (TPSA) is 203 Å². The fraction of sp³-hybridized carbons (Fsp3) is 0. The molecule has 0 saturated carbocycles. The molecule has 2 aromatic carbocycles. The molecule has 0 atom stereocenters. The van der Waals surface area contributed by atoms with Crippen LogP contribution in [0.15, 0.2) is 58.3 Å². The van der Waals surface area contributed by atoms with Gasteiger partial charge in [-0.05, 0) is 15.9 Å². The minimum Gasteiger partial charge on any atom is -0.872 e. The van der Waals surface area contributed by atoms with Crippen LogP contribution in [0.2, 0.25) is 0 Å². The summed E-state index contributed by atoms with van der Waals surface area (Å²) in [6.45, 7) is 0. The van der Waals surface area contributed by atoms with E-state index in [1.165, 1.54) is 4.68 Å². The molecular formula is C18H12N9O5-. The van der Waals surface area contributed by atoms with Gasteiger partial charge in [0.25, 0.3) is 11.6 Å². The van der Waals surface area contributed by atoms with Crippen LogP contribution in [0.5, 0.6) is 5.75 Å². The second-order valence-electron chi connectivity index (χ2n) is 6.22. The molecule has 1 amide bonds. The highest BCUT2D eigenvalue weighted by atomic mass is 16.6. The number of amides is 1. The molecule has 0 aliphatic carbocycles. The number of anilines is 1. The van der Waals surface area contributed by atoms with E-state index >= 15 is 0 Å². The molecule has 0 radical (unpaired) electrons. The van der Waals surface area contributed by atoms with Crippen LogP contribution in [0.1, 0.15) is 16.1 Å². The summed E-state index contributed by atoms with van der Waals surface area (Å²) >= 11 is 0. The third-order valence-electron chi connectivity index (χ3n) is 4.20. The Morgan fingerprint density at radius 1 is 1.22 bits per heavy atom. The number of carbonyl (C=O) groups is 1. The molecule has 14 heteroatoms. The van der Waals surface area contributed by atoms with Crippen molar-refractivity contribution >= 4 is 23.6 Å². The number of hydrogen-bond acceptors (Lipinski definition) is 11. The Hall–Kier alpha value is -5.14. The number of carbonyl (C=O) groups excluding carboxylic acids is 1. The van der Waals surface area contributed by atoms with E-state index in [9.17, 15) is 20.0 Å². The molecule has 0 saturated heterocycles. The van der Waals surface area contributed by atoms with Crippen molar-refractivity contribution in [3.8, 4) is 22.8 Å². The molecule has 160 valence electrons. The minimum absolute atomic E-state index is 0.0338. The summed E-state index contributed by atoms with van der Waals surface area (Å²) in [5.74, 6) is -1.30. The number of nitrogen functional groups attached to an aromatic ring is 1. The molecular weight excluding hydrogens is 422 g/mol. The fourth-order valence-electron chi connectivity index (χ4n) is 2.74. The van der Waals surface area contributed by atoms with Crippen molar-refractivity contribution in [1.29, 1.82) is 0 Å². The van der Waals surface area contributed by atoms with Gasteiger partial charge in [0.15, 0.2) is 5.69 Å². The first-order chi connectivity index (χ1) is 15.5. The molecule has 0 spiro atoms. The van der Waals surface area contributed by atoms with Gasteiger partial charge < -0.3 is 10.8 Å². The van der Waals surface area contributed by atoms with Crippen LogP contribution in [-0.4, -0.2) is 42.4 Å². The molecule has 0 unspecified atom stereocenters. The number of hydrazone groups is 1. The third-order valence-corrected chi connectivity index (χ3v) is 4.20. The van der Waals surface area contributed by atoms with Gasteiger partial charge in [0.2, 0.25) is 11.6 Å². The number of nitro groups is 1. The molecule has 3 N–H and O–H groups in total. The summed E-state index contributed by atoms with van der Waals surface area (Å²) in [5.41, 5.74) is 8.27. The summed E-state index contributed by atoms with van der Waals surface area (Å²) < 4.78 is 5.79. The predicted molar refractivity (Wildman–Crippen MR) is 107 cm³/mol. The van der Waals surface area contributed by atoms with Gasteiger partial charge in [-0.3, -0.25) is 14.9 Å². The molecule has 32 heavy (non-hydrogen) atoms. The summed E-state index contributed by atoms with van der Waals surface area (Å²) in [4.78, 5) is 23.0. The van der Waals surface area contributed by atoms with Crippen LogP contribution in [0.3, 0.4) is 0 Å². The van der Waals surface area contributed by atoms with Gasteiger partial charge in [0.05, 0.1) is 11.1 Å². The van der Waals surface area contributed by atoms with Crippen molar-refractivity contribution in [2.45, 2.75) is 0 Å². The van der Waals surface area contributed by atoms with Crippen molar-refractivity contribution < 1.29 is 19.5 Å². The lowest BCUT2D eigenvalue weighted by Gasteiger charge is -2.08. The van der Waals surface area contributed by atoms with Crippen molar-refractivity contribution in [3.63, 3.8) is 0 Å². The van der Waals surface area contributed by atoms with Gasteiger partial charge in [-0.1, -0.05) is 47.4 Å². The van der Waals surface area contributed by atoms with E-state index in [1.807, 2.05) is 0 Å². The van der Waals surface area contributed by atoms with Crippen molar-refractivity contribution in [2.75, 3.05) is 5.73 Å². The summed E-state index contributed by atoms with van der Waals surface area (Å²) in [5, 5.41) is 41.4. The van der Waals surface area contributed by atoms with E-state index in [4.69, 9.17) is 5.73 Å². The molecule has 0 fully saturated rings. The summed E-state index contributed by atoms with van der Waals surface area (Å²) in [6, 6.07) is 11.9. The number of nitrogens with one attached hydrogen (secondary N) is 1. The zero-order valence-electron chi connectivity index (χ0n) is 15.9. The van der Waals surface area contributed by atoms with Crippen LogP contribution >= 0.6 is 0 Å². The van der Waals surface area contributed by atoms with Gasteiger partial charge in [0.1, 0.15) is 5.69 Å². The Balaban J connectivity index is 1.66. The quantitative estimate of drug-likeness (QED) is 0.246. The first kappa shape index (κ1) is 20.1. The Bertz CT molecular complexity index is 1330. The van der Waals surface area contributed by atoms with Gasteiger partial charge in [-0.25, -0.2) is 10.1 Å². The van der Waals surface area contributed by atoms with E-state index in [1.54, 1.807) is 30.3 Å². The normalized spacial score (nSPS) is 11.0. The van der Waals surface area contributed by atoms with E-state index in [2.05, 4.69) is 35.8 Å². The van der Waals surface area contributed by atoms with E-state index in [-0.39, 0.29) is 34.3 Å². The largest absolute Gasteiger partial charge is 0.872 e. The number of hydrogen-bond donors (Lipinski definition) is 2. The van der Waals surface area contributed by atoms with Crippen molar-refractivity contribution in [2.24, 2.45) is 5.10 Å². The lowest BCUT2D eigenvalue weighted by atomic mass is 10.1. The third kappa shape index (κ3) is 3.82. The molecule has 4 aromatic rings. The summed E-state index contributed by atoms with van der Waals surface area (Å²) in [7, 11) is 0. The maximum atomic E-state index is 12.7. The van der Waals surface area contributed by atoms with Crippen LogP contribution in [0.4, 0.5) is 11.5 Å². The monoisotopic (exact) mass is 434 g/mol. The van der Waals surface area contributed by atoms with Gasteiger partial charge >= 0.3 is 0 Å². The maximum absolute atomic E-state index is 12.7. The minimum atomic E-state index is -0.765. The highest BCUT2D eigenvalue weighted by Gasteiger charge is 2.25. The molecule has 14 nitrogen and oxygen atoms in total. The highest BCUT2D eigenvalue weighted by Crippen LogP contribution is 2.26. The Labute approximate surface area is 178 Å². The Morgan fingerprint density at radius 2 is 2.00 bits per heavy atom. The summed E-state index contributed by atoms with van der Waals surface area (Å²) in [6.07, 6.45) is 0.999. The standard InChI is InChI=1S/C18H13N9O5/c19-16-17(24-32-23-16)26-15(10-4-2-1-3-5-10)14(21-25-26)18(29)22-20-9-11-8-12(27(30)31)6-7-13(11)28/h1-9,28H,(H2,19,23)(H,22,29)/p-1/b20-9-. The number of rotatable bonds is 6. The Morgan fingerprint density at radius 3 is 2.69 bits per heavy atom. The Kier molecular flexibility index (Phi) is 5.23. The van der Waals surface area contributed by atoms with E-state index < -0.39 is 16.6 Å². The SMILES string of the molecule is Nc1nonc1-n1nnc(C(=O)N/N=C\c2cc([N+](=O)[O-])ccc2[O-])c1-c1ccccc1. The highest BCUT2D eigenvalue weighted by molar-refractivity contribution is 5.99. The van der Waals surface area contributed by atoms with Gasteiger partial charge in [-0.15, -0.1) is 5.10 Å². The second kappa shape index (κ2) is 8.31. The smallest absolute Gasteiger partial charge is 0.294 e.